The van der Waals surface area contributed by atoms with Gasteiger partial charge in [-0.25, -0.2) is 4.39 Å². The normalized spacial score (nSPS) is 12.6. The van der Waals surface area contributed by atoms with Crippen LogP contribution in [0, 0.1) is 5.82 Å². The molecule has 7 heteroatoms. The molecule has 0 aliphatic heterocycles. The molecule has 37 heavy (non-hydrogen) atoms. The van der Waals surface area contributed by atoms with E-state index in [0.717, 1.165) is 43.8 Å². The van der Waals surface area contributed by atoms with Crippen LogP contribution >= 0.6 is 15.9 Å². The Kier molecular flexibility index (Phi) is 7.65. The number of aromatic nitrogens is 2. The molecule has 5 rings (SSSR count). The van der Waals surface area contributed by atoms with Crippen LogP contribution in [0.25, 0.3) is 27.9 Å². The van der Waals surface area contributed by atoms with Gasteiger partial charge in [0, 0.05) is 62.9 Å². The van der Waals surface area contributed by atoms with Gasteiger partial charge in [0.05, 0.1) is 6.10 Å². The third kappa shape index (κ3) is 5.91. The van der Waals surface area contributed by atoms with Crippen molar-refractivity contribution in [3.8, 4) is 0 Å². The van der Waals surface area contributed by atoms with Crippen LogP contribution in [0.5, 0.6) is 0 Å². The molecule has 2 heterocycles. The maximum absolute atomic E-state index is 13.4. The molecule has 3 N–H and O–H groups in total. The zero-order valence-electron chi connectivity index (χ0n) is 20.1. The summed E-state index contributed by atoms with van der Waals surface area (Å²) in [5, 5.41) is 16.1. The van der Waals surface area contributed by atoms with Crippen molar-refractivity contribution in [3.63, 3.8) is 0 Å². The van der Waals surface area contributed by atoms with Crippen molar-refractivity contribution in [3.05, 3.63) is 112 Å². The van der Waals surface area contributed by atoms with E-state index in [1.807, 2.05) is 59.4 Å². The van der Waals surface area contributed by atoms with Crippen molar-refractivity contribution >= 4 is 49.6 Å². The van der Waals surface area contributed by atoms with E-state index in [1.165, 1.54) is 12.1 Å². The second-order valence-corrected chi connectivity index (χ2v) is 9.99. The molecule has 0 aliphatic carbocycles. The summed E-state index contributed by atoms with van der Waals surface area (Å²) >= 11 is 3.39. The van der Waals surface area contributed by atoms with E-state index >= 15 is 0 Å². The fraction of sp³-hybridized carbons (Fsp3) is 0.167. The lowest BCUT2D eigenvalue weighted by molar-refractivity contribution is 0.104. The van der Waals surface area contributed by atoms with Gasteiger partial charge in [0.15, 0.2) is 5.78 Å². The fourth-order valence-electron chi connectivity index (χ4n) is 4.58. The number of aromatic amines is 1. The summed E-state index contributed by atoms with van der Waals surface area (Å²) in [5.74, 6) is -0.316. The summed E-state index contributed by atoms with van der Waals surface area (Å²) in [7, 11) is 0. The second-order valence-electron chi connectivity index (χ2n) is 9.07. The number of allylic oxidation sites excluding steroid dienone is 1. The van der Waals surface area contributed by atoms with E-state index in [9.17, 15) is 14.3 Å². The average molecular weight is 560 g/mol. The highest BCUT2D eigenvalue weighted by Crippen LogP contribution is 2.24. The van der Waals surface area contributed by atoms with E-state index in [1.54, 1.807) is 24.3 Å². The van der Waals surface area contributed by atoms with E-state index in [2.05, 4.69) is 26.2 Å². The van der Waals surface area contributed by atoms with Gasteiger partial charge in [-0.1, -0.05) is 34.1 Å². The predicted molar refractivity (Wildman–Crippen MR) is 150 cm³/mol. The molecule has 1 atom stereocenters. The Balaban J connectivity index is 1.20. The lowest BCUT2D eigenvalue weighted by atomic mass is 10.1. The van der Waals surface area contributed by atoms with Gasteiger partial charge in [-0.15, -0.1) is 0 Å². The minimum Gasteiger partial charge on any atom is -0.390 e. The van der Waals surface area contributed by atoms with Crippen LogP contribution in [0.3, 0.4) is 0 Å². The van der Waals surface area contributed by atoms with Crippen molar-refractivity contribution in [2.75, 3.05) is 13.1 Å². The molecule has 2 aromatic heterocycles. The molecule has 0 amide bonds. The molecule has 0 spiro atoms. The summed E-state index contributed by atoms with van der Waals surface area (Å²) in [6.45, 7) is 1.56. The number of ketones is 1. The van der Waals surface area contributed by atoms with Gasteiger partial charge in [0.2, 0.25) is 0 Å². The van der Waals surface area contributed by atoms with Crippen molar-refractivity contribution in [1.29, 1.82) is 0 Å². The quantitative estimate of drug-likeness (QED) is 0.110. The zero-order valence-corrected chi connectivity index (χ0v) is 21.7. The Morgan fingerprint density at radius 3 is 2.76 bits per heavy atom. The number of nitrogens with zero attached hydrogens (tertiary/aromatic N) is 1. The van der Waals surface area contributed by atoms with Crippen LogP contribution in [0.4, 0.5) is 4.39 Å². The highest BCUT2D eigenvalue weighted by atomic mass is 79.9. The van der Waals surface area contributed by atoms with Crippen molar-refractivity contribution < 1.29 is 14.3 Å². The third-order valence-corrected chi connectivity index (χ3v) is 6.98. The summed E-state index contributed by atoms with van der Waals surface area (Å²) in [4.78, 5) is 15.7. The number of hydrogen-bond donors (Lipinski definition) is 3. The summed E-state index contributed by atoms with van der Waals surface area (Å²) < 4.78 is 16.4. The Labute approximate surface area is 222 Å². The molecule has 0 saturated heterocycles. The van der Waals surface area contributed by atoms with Crippen molar-refractivity contribution in [2.45, 2.75) is 19.1 Å². The molecule has 0 radical (unpaired) electrons. The molecule has 0 unspecified atom stereocenters. The topological polar surface area (TPSA) is 70.1 Å². The fourth-order valence-corrected chi connectivity index (χ4v) is 4.85. The number of aliphatic hydroxyl groups is 1. The van der Waals surface area contributed by atoms with Crippen LogP contribution < -0.4 is 5.32 Å². The number of para-hydroxylation sites is 1. The van der Waals surface area contributed by atoms with Gasteiger partial charge < -0.3 is 20.0 Å². The zero-order chi connectivity index (χ0) is 25.8. The first-order valence-corrected chi connectivity index (χ1v) is 13.0. The number of hydrogen-bond acceptors (Lipinski definition) is 3. The van der Waals surface area contributed by atoms with Crippen LogP contribution in [0.2, 0.25) is 0 Å². The van der Waals surface area contributed by atoms with Gasteiger partial charge in [0.25, 0.3) is 0 Å². The number of fused-ring (bicyclic) bond motifs is 2. The Morgan fingerprint density at radius 1 is 1.11 bits per heavy atom. The van der Waals surface area contributed by atoms with Crippen LogP contribution in [0.15, 0.2) is 89.7 Å². The Hall–Kier alpha value is -3.52. The SMILES string of the molecule is O=C(/C=C/c1cn(C[C@H](O)CNCCc2c[nH]c3cc(F)ccc23)c2ccccc12)c1ccc(Br)cc1. The summed E-state index contributed by atoms with van der Waals surface area (Å²) in [6, 6.07) is 20.0. The van der Waals surface area contributed by atoms with Gasteiger partial charge in [0.1, 0.15) is 5.82 Å². The molecular weight excluding hydrogens is 533 g/mol. The number of aliphatic hydroxyl groups excluding tert-OH is 1. The molecule has 3 aromatic carbocycles. The Bertz CT molecular complexity index is 1570. The lowest BCUT2D eigenvalue weighted by Crippen LogP contribution is -2.31. The van der Waals surface area contributed by atoms with E-state index < -0.39 is 6.10 Å². The molecule has 0 saturated carbocycles. The molecule has 5 aromatic rings. The Morgan fingerprint density at radius 2 is 1.92 bits per heavy atom. The second kappa shape index (κ2) is 11.3. The standard InChI is InChI=1S/C30H27BrFN3O2/c31-23-8-5-20(6-9-23)30(37)12-7-22-18-35(29-4-2-1-3-27(22)29)19-25(36)17-33-14-13-21-16-34-28-15-24(32)10-11-26(21)28/h1-12,15-16,18,25,33-34,36H,13-14,17,19H2/b12-7+/t25-/m1/s1. The highest BCUT2D eigenvalue weighted by Gasteiger charge is 2.12. The van der Waals surface area contributed by atoms with E-state index in [4.69, 9.17) is 0 Å². The molecule has 188 valence electrons. The van der Waals surface area contributed by atoms with Gasteiger partial charge >= 0.3 is 0 Å². The number of benzene rings is 3. The van der Waals surface area contributed by atoms with Gasteiger partial charge in [-0.2, -0.15) is 0 Å². The summed E-state index contributed by atoms with van der Waals surface area (Å²) in [5.41, 5.74) is 4.46. The average Bonchev–Trinajstić information content (AvgIpc) is 3.46. The molecule has 0 bridgehead atoms. The number of halogens is 2. The first-order valence-electron chi connectivity index (χ1n) is 12.2. The number of H-pyrrole nitrogens is 1. The van der Waals surface area contributed by atoms with Crippen molar-refractivity contribution in [1.82, 2.24) is 14.9 Å². The number of carbonyl (C=O) groups excluding carboxylic acids is 1. The van der Waals surface area contributed by atoms with Gasteiger partial charge in [-0.05, 0) is 79.2 Å². The maximum atomic E-state index is 13.4. The molecule has 5 nitrogen and oxygen atoms in total. The minimum atomic E-state index is -0.589. The van der Waals surface area contributed by atoms with E-state index in [-0.39, 0.29) is 11.6 Å². The van der Waals surface area contributed by atoms with Crippen molar-refractivity contribution in [2.24, 2.45) is 0 Å². The number of rotatable bonds is 10. The van der Waals surface area contributed by atoms with Crippen LogP contribution in [-0.2, 0) is 13.0 Å². The largest absolute Gasteiger partial charge is 0.390 e. The highest BCUT2D eigenvalue weighted by molar-refractivity contribution is 9.10. The van der Waals surface area contributed by atoms with Gasteiger partial charge in [-0.3, -0.25) is 4.79 Å². The lowest BCUT2D eigenvalue weighted by Gasteiger charge is -2.13. The van der Waals surface area contributed by atoms with E-state index in [0.29, 0.717) is 25.2 Å². The molecule has 0 aliphatic rings. The van der Waals surface area contributed by atoms with Crippen LogP contribution in [0.1, 0.15) is 21.5 Å². The van der Waals surface area contributed by atoms with Crippen LogP contribution in [-0.4, -0.2) is 39.6 Å². The maximum Gasteiger partial charge on any atom is 0.185 e. The minimum absolute atomic E-state index is 0.0612. The first kappa shape index (κ1) is 25.1. The number of nitrogens with one attached hydrogen (secondary N) is 2. The summed E-state index contributed by atoms with van der Waals surface area (Å²) in [6.07, 6.45) is 7.49. The molecule has 0 fully saturated rings. The first-order chi connectivity index (χ1) is 18.0. The molecular formula is C30H27BrFN3O2. The monoisotopic (exact) mass is 559 g/mol. The predicted octanol–water partition coefficient (Wildman–Crippen LogP) is 6.11. The third-order valence-electron chi connectivity index (χ3n) is 6.45. The number of carbonyl (C=O) groups is 1. The smallest absolute Gasteiger partial charge is 0.185 e.